The Labute approximate surface area is 163 Å². The third-order valence-corrected chi connectivity index (χ3v) is 4.80. The quantitative estimate of drug-likeness (QED) is 0.750. The lowest BCUT2D eigenvalue weighted by atomic mass is 9.82. The van der Waals surface area contributed by atoms with E-state index in [0.717, 1.165) is 16.7 Å². The number of methoxy groups -OCH3 is 3. The van der Waals surface area contributed by atoms with Gasteiger partial charge in [0.2, 0.25) is 0 Å². The van der Waals surface area contributed by atoms with Gasteiger partial charge in [-0.1, -0.05) is 41.5 Å². The molecule has 0 bridgehead atoms. The van der Waals surface area contributed by atoms with Gasteiger partial charge in [0, 0.05) is 11.1 Å². The Balaban J connectivity index is 2.91. The zero-order valence-electron chi connectivity index (χ0n) is 18.0. The lowest BCUT2D eigenvalue weighted by Gasteiger charge is -2.25. The molecule has 0 saturated carbocycles. The molecule has 1 N–H and O–H groups in total. The molecule has 0 spiro atoms. The summed E-state index contributed by atoms with van der Waals surface area (Å²) in [6.07, 6.45) is 0. The molecule has 4 nitrogen and oxygen atoms in total. The van der Waals surface area contributed by atoms with Gasteiger partial charge in [-0.05, 0) is 46.2 Å². The minimum absolute atomic E-state index is 0.0877. The van der Waals surface area contributed by atoms with E-state index < -0.39 is 0 Å². The first-order valence-electron chi connectivity index (χ1n) is 9.12. The first kappa shape index (κ1) is 20.9. The SMILES string of the molecule is COc1cc(C(C)(C)C)cc(-c2cc(C(C)(C)C)cc(OC)c2OC)c1O. The van der Waals surface area contributed by atoms with Crippen LogP contribution in [0.1, 0.15) is 52.7 Å². The number of hydrogen-bond acceptors (Lipinski definition) is 4. The van der Waals surface area contributed by atoms with E-state index in [0.29, 0.717) is 22.8 Å². The van der Waals surface area contributed by atoms with Crippen LogP contribution in [-0.2, 0) is 10.8 Å². The van der Waals surface area contributed by atoms with Gasteiger partial charge in [0.15, 0.2) is 23.0 Å². The highest BCUT2D eigenvalue weighted by Crippen LogP contribution is 2.48. The van der Waals surface area contributed by atoms with Crippen LogP contribution in [0.5, 0.6) is 23.0 Å². The fraction of sp³-hybridized carbons (Fsp3) is 0.478. The van der Waals surface area contributed by atoms with Crippen LogP contribution in [0.15, 0.2) is 24.3 Å². The molecule has 0 radical (unpaired) electrons. The summed E-state index contributed by atoms with van der Waals surface area (Å²) in [5, 5.41) is 10.9. The van der Waals surface area contributed by atoms with Gasteiger partial charge < -0.3 is 19.3 Å². The molecule has 0 unspecified atom stereocenters. The standard InChI is InChI=1S/C23H32O4/c1-22(2,3)14-10-16(20(24)18(12-14)25-7)17-11-15(23(4,5)6)13-19(26-8)21(17)27-9/h10-13,24H,1-9H3. The summed E-state index contributed by atoms with van der Waals surface area (Å²) in [6, 6.07) is 7.93. The topological polar surface area (TPSA) is 47.9 Å². The minimum Gasteiger partial charge on any atom is -0.504 e. The normalized spacial score (nSPS) is 12.0. The summed E-state index contributed by atoms with van der Waals surface area (Å²) < 4.78 is 16.7. The number of ether oxygens (including phenoxy) is 3. The smallest absolute Gasteiger partial charge is 0.168 e. The molecule has 0 aromatic heterocycles. The molecular weight excluding hydrogens is 340 g/mol. The Bertz CT molecular complexity index is 824. The number of rotatable bonds is 4. The van der Waals surface area contributed by atoms with E-state index in [4.69, 9.17) is 14.2 Å². The minimum atomic E-state index is -0.102. The molecule has 0 amide bonds. The van der Waals surface area contributed by atoms with Crippen molar-refractivity contribution in [3.05, 3.63) is 35.4 Å². The largest absolute Gasteiger partial charge is 0.504 e. The van der Waals surface area contributed by atoms with Crippen LogP contribution in [-0.4, -0.2) is 26.4 Å². The highest BCUT2D eigenvalue weighted by Gasteiger charge is 2.25. The maximum Gasteiger partial charge on any atom is 0.168 e. The Morgan fingerprint density at radius 1 is 0.630 bits per heavy atom. The van der Waals surface area contributed by atoms with Crippen molar-refractivity contribution in [2.24, 2.45) is 0 Å². The second-order valence-electron chi connectivity index (χ2n) is 8.83. The molecule has 0 atom stereocenters. The Morgan fingerprint density at radius 2 is 1.07 bits per heavy atom. The highest BCUT2D eigenvalue weighted by molar-refractivity contribution is 5.82. The van der Waals surface area contributed by atoms with Crippen LogP contribution in [0.4, 0.5) is 0 Å². The molecule has 27 heavy (non-hydrogen) atoms. The van der Waals surface area contributed by atoms with Crippen molar-refractivity contribution in [1.82, 2.24) is 0 Å². The number of phenolic OH excluding ortho intramolecular Hbond substituents is 1. The van der Waals surface area contributed by atoms with Crippen LogP contribution in [0.2, 0.25) is 0 Å². The summed E-state index contributed by atoms with van der Waals surface area (Å²) >= 11 is 0. The fourth-order valence-electron chi connectivity index (χ4n) is 3.00. The van der Waals surface area contributed by atoms with Gasteiger partial charge in [-0.3, -0.25) is 0 Å². The third kappa shape index (κ3) is 4.15. The molecule has 0 aliphatic rings. The molecular formula is C23H32O4. The van der Waals surface area contributed by atoms with Gasteiger partial charge in [0.1, 0.15) is 0 Å². The van der Waals surface area contributed by atoms with E-state index in [1.54, 1.807) is 21.3 Å². The van der Waals surface area contributed by atoms with Gasteiger partial charge in [-0.25, -0.2) is 0 Å². The molecule has 148 valence electrons. The van der Waals surface area contributed by atoms with Crippen molar-refractivity contribution >= 4 is 0 Å². The van der Waals surface area contributed by atoms with E-state index in [1.807, 2.05) is 18.2 Å². The van der Waals surface area contributed by atoms with Crippen molar-refractivity contribution < 1.29 is 19.3 Å². The van der Waals surface area contributed by atoms with Crippen molar-refractivity contribution in [3.8, 4) is 34.1 Å². The zero-order valence-corrected chi connectivity index (χ0v) is 18.0. The molecule has 2 aromatic carbocycles. The molecule has 0 aliphatic heterocycles. The van der Waals surface area contributed by atoms with Crippen molar-refractivity contribution in [2.75, 3.05) is 21.3 Å². The van der Waals surface area contributed by atoms with Crippen molar-refractivity contribution in [3.63, 3.8) is 0 Å². The van der Waals surface area contributed by atoms with Crippen LogP contribution in [0, 0.1) is 0 Å². The predicted octanol–water partition coefficient (Wildman–Crippen LogP) is 5.68. The van der Waals surface area contributed by atoms with Crippen LogP contribution in [0.25, 0.3) is 11.1 Å². The fourth-order valence-corrected chi connectivity index (χ4v) is 3.00. The maximum absolute atomic E-state index is 10.9. The number of hydrogen-bond donors (Lipinski definition) is 1. The number of benzene rings is 2. The second-order valence-corrected chi connectivity index (χ2v) is 8.83. The predicted molar refractivity (Wildman–Crippen MR) is 111 cm³/mol. The van der Waals surface area contributed by atoms with Gasteiger partial charge in [-0.2, -0.15) is 0 Å². The second kappa shape index (κ2) is 7.34. The molecule has 0 fully saturated rings. The molecule has 2 aromatic rings. The molecule has 0 saturated heterocycles. The van der Waals surface area contributed by atoms with E-state index in [9.17, 15) is 5.11 Å². The van der Waals surface area contributed by atoms with Crippen LogP contribution in [0.3, 0.4) is 0 Å². The number of aromatic hydroxyl groups is 1. The highest BCUT2D eigenvalue weighted by atomic mass is 16.5. The zero-order chi connectivity index (χ0) is 20.6. The third-order valence-electron chi connectivity index (χ3n) is 4.80. The van der Waals surface area contributed by atoms with E-state index in [2.05, 4.69) is 47.6 Å². The van der Waals surface area contributed by atoms with Gasteiger partial charge in [0.25, 0.3) is 0 Å². The lowest BCUT2D eigenvalue weighted by Crippen LogP contribution is -2.13. The van der Waals surface area contributed by atoms with E-state index in [-0.39, 0.29) is 16.6 Å². The lowest BCUT2D eigenvalue weighted by molar-refractivity contribution is 0.354. The van der Waals surface area contributed by atoms with E-state index >= 15 is 0 Å². The maximum atomic E-state index is 10.9. The summed E-state index contributed by atoms with van der Waals surface area (Å²) in [5.41, 5.74) is 3.41. The van der Waals surface area contributed by atoms with Crippen LogP contribution < -0.4 is 14.2 Å². The Hall–Kier alpha value is -2.36. The van der Waals surface area contributed by atoms with Crippen LogP contribution >= 0.6 is 0 Å². The first-order chi connectivity index (χ1) is 12.4. The summed E-state index contributed by atoms with van der Waals surface area (Å²) in [4.78, 5) is 0. The molecule has 2 rings (SSSR count). The molecule has 0 heterocycles. The van der Waals surface area contributed by atoms with Gasteiger partial charge in [0.05, 0.1) is 21.3 Å². The molecule has 4 heteroatoms. The Morgan fingerprint density at radius 3 is 1.48 bits per heavy atom. The van der Waals surface area contributed by atoms with Gasteiger partial charge >= 0.3 is 0 Å². The average molecular weight is 373 g/mol. The van der Waals surface area contributed by atoms with Gasteiger partial charge in [-0.15, -0.1) is 0 Å². The molecule has 0 aliphatic carbocycles. The summed E-state index contributed by atoms with van der Waals surface area (Å²) in [5.74, 6) is 1.77. The monoisotopic (exact) mass is 372 g/mol. The summed E-state index contributed by atoms with van der Waals surface area (Å²) in [6.45, 7) is 12.8. The van der Waals surface area contributed by atoms with Crippen molar-refractivity contribution in [1.29, 1.82) is 0 Å². The average Bonchev–Trinajstić information content (AvgIpc) is 2.58. The first-order valence-corrected chi connectivity index (χ1v) is 9.12. The summed E-state index contributed by atoms with van der Waals surface area (Å²) in [7, 11) is 4.80. The van der Waals surface area contributed by atoms with E-state index in [1.165, 1.54) is 0 Å². The van der Waals surface area contributed by atoms with Crippen molar-refractivity contribution in [2.45, 2.75) is 52.4 Å². The Kier molecular flexibility index (Phi) is 5.69. The number of phenols is 1.